The molecule has 30 heavy (non-hydrogen) atoms. The van der Waals surface area contributed by atoms with Crippen molar-refractivity contribution in [1.82, 2.24) is 20.5 Å². The molecule has 0 aliphatic heterocycles. The van der Waals surface area contributed by atoms with Crippen molar-refractivity contribution < 1.29 is 9.18 Å². The van der Waals surface area contributed by atoms with Gasteiger partial charge in [0.05, 0.1) is 11.3 Å². The van der Waals surface area contributed by atoms with Crippen LogP contribution in [0.25, 0.3) is 12.2 Å². The molecule has 1 amide bonds. The number of hydrogen-bond acceptors (Lipinski definition) is 4. The minimum atomic E-state index is -0.414. The maximum absolute atomic E-state index is 13.0. The molecule has 156 valence electrons. The van der Waals surface area contributed by atoms with Crippen molar-refractivity contribution in [2.75, 3.05) is 0 Å². The average molecular weight is 465 g/mol. The summed E-state index contributed by atoms with van der Waals surface area (Å²) in [5, 5.41) is 11.0. The molecule has 2 unspecified atom stereocenters. The highest BCUT2D eigenvalue weighted by Crippen LogP contribution is 2.27. The number of carbonyl (C=O) groups is 1. The number of aromatic amines is 1. The van der Waals surface area contributed by atoms with Crippen LogP contribution in [0.2, 0.25) is 10.0 Å². The van der Waals surface area contributed by atoms with Gasteiger partial charge in [0.1, 0.15) is 11.6 Å². The fraction of sp³-hybridized carbons (Fsp3) is 0.190. The van der Waals surface area contributed by atoms with Crippen molar-refractivity contribution in [1.29, 1.82) is 0 Å². The van der Waals surface area contributed by atoms with E-state index in [2.05, 4.69) is 20.5 Å². The van der Waals surface area contributed by atoms with E-state index in [0.717, 1.165) is 11.1 Å². The summed E-state index contributed by atoms with van der Waals surface area (Å²) in [5.41, 5.74) is 1.63. The fourth-order valence-corrected chi connectivity index (χ4v) is 3.92. The Labute approximate surface area is 188 Å². The van der Waals surface area contributed by atoms with Crippen molar-refractivity contribution >= 4 is 53.0 Å². The number of halogens is 3. The number of hydrogen-bond donors (Lipinski definition) is 2. The van der Waals surface area contributed by atoms with E-state index >= 15 is 0 Å². The molecule has 1 heterocycles. The summed E-state index contributed by atoms with van der Waals surface area (Å²) < 4.78 is 13.0. The molecule has 0 aliphatic rings. The molecular weight excluding hydrogens is 446 g/mol. The quantitative estimate of drug-likeness (QED) is 0.434. The predicted molar refractivity (Wildman–Crippen MR) is 120 cm³/mol. The monoisotopic (exact) mass is 464 g/mol. The Hall–Kier alpha value is -2.35. The van der Waals surface area contributed by atoms with Crippen molar-refractivity contribution in [2.45, 2.75) is 30.3 Å². The van der Waals surface area contributed by atoms with Gasteiger partial charge in [0, 0.05) is 10.0 Å². The molecule has 2 atom stereocenters. The Morgan fingerprint density at radius 2 is 1.90 bits per heavy atom. The number of thioether (sulfide) groups is 1. The SMILES string of the molecule is CC(Sc1n[nH]c(C=Cc2ccc(F)cc2)n1)C(=O)NC(C)c1ccc(Cl)cc1Cl. The highest BCUT2D eigenvalue weighted by Gasteiger charge is 2.20. The van der Waals surface area contributed by atoms with Crippen LogP contribution < -0.4 is 5.32 Å². The number of amides is 1. The molecule has 0 bridgehead atoms. The Morgan fingerprint density at radius 3 is 2.60 bits per heavy atom. The van der Waals surface area contributed by atoms with Crippen LogP contribution in [0.4, 0.5) is 4.39 Å². The highest BCUT2D eigenvalue weighted by atomic mass is 35.5. The second-order valence-electron chi connectivity index (χ2n) is 6.54. The number of rotatable bonds is 7. The van der Waals surface area contributed by atoms with Crippen LogP contribution in [0, 0.1) is 5.82 Å². The summed E-state index contributed by atoms with van der Waals surface area (Å²) in [4.78, 5) is 16.9. The van der Waals surface area contributed by atoms with Crippen molar-refractivity contribution in [2.24, 2.45) is 0 Å². The van der Waals surface area contributed by atoms with Gasteiger partial charge in [0.25, 0.3) is 0 Å². The largest absolute Gasteiger partial charge is 0.349 e. The van der Waals surface area contributed by atoms with Gasteiger partial charge in [0.2, 0.25) is 11.1 Å². The number of H-pyrrole nitrogens is 1. The van der Waals surface area contributed by atoms with Gasteiger partial charge in [-0.2, -0.15) is 0 Å². The number of aromatic nitrogens is 3. The van der Waals surface area contributed by atoms with Crippen LogP contribution in [-0.2, 0) is 4.79 Å². The summed E-state index contributed by atoms with van der Waals surface area (Å²) in [6, 6.07) is 11.0. The maximum atomic E-state index is 13.0. The molecule has 1 aromatic heterocycles. The Bertz CT molecular complexity index is 1060. The summed E-state index contributed by atoms with van der Waals surface area (Å²) in [5.74, 6) is 0.0906. The minimum Gasteiger partial charge on any atom is -0.349 e. The first-order valence-corrected chi connectivity index (χ1v) is 10.7. The maximum Gasteiger partial charge on any atom is 0.233 e. The van der Waals surface area contributed by atoms with E-state index in [0.29, 0.717) is 21.0 Å². The van der Waals surface area contributed by atoms with Gasteiger partial charge >= 0.3 is 0 Å². The van der Waals surface area contributed by atoms with Crippen molar-refractivity contribution in [3.05, 3.63) is 75.3 Å². The van der Waals surface area contributed by atoms with E-state index in [-0.39, 0.29) is 17.8 Å². The first-order valence-electron chi connectivity index (χ1n) is 9.10. The average Bonchev–Trinajstić information content (AvgIpc) is 3.14. The molecule has 0 saturated carbocycles. The lowest BCUT2D eigenvalue weighted by Crippen LogP contribution is -2.33. The van der Waals surface area contributed by atoms with E-state index in [4.69, 9.17) is 23.2 Å². The van der Waals surface area contributed by atoms with Gasteiger partial charge in [-0.05, 0) is 55.3 Å². The Kier molecular flexibility index (Phi) is 7.53. The Balaban J connectivity index is 1.57. The van der Waals surface area contributed by atoms with E-state index in [9.17, 15) is 9.18 Å². The van der Waals surface area contributed by atoms with Gasteiger partial charge in [0.15, 0.2) is 0 Å². The van der Waals surface area contributed by atoms with Gasteiger partial charge in [-0.15, -0.1) is 5.10 Å². The van der Waals surface area contributed by atoms with E-state index in [1.54, 1.807) is 49.4 Å². The molecule has 0 saturated heterocycles. The molecule has 0 fully saturated rings. The lowest BCUT2D eigenvalue weighted by atomic mass is 10.1. The van der Waals surface area contributed by atoms with Gasteiger partial charge in [-0.25, -0.2) is 9.37 Å². The summed E-state index contributed by atoms with van der Waals surface area (Å²) in [6.07, 6.45) is 3.53. The van der Waals surface area contributed by atoms with Crippen molar-refractivity contribution in [3.8, 4) is 0 Å². The third-order valence-corrected chi connectivity index (χ3v) is 5.75. The first kappa shape index (κ1) is 22.3. The highest BCUT2D eigenvalue weighted by molar-refractivity contribution is 8.00. The summed E-state index contributed by atoms with van der Waals surface area (Å²) >= 11 is 13.4. The Morgan fingerprint density at radius 1 is 1.17 bits per heavy atom. The molecule has 0 spiro atoms. The molecular formula is C21H19Cl2FN4OS. The lowest BCUT2D eigenvalue weighted by molar-refractivity contribution is -0.120. The molecule has 0 radical (unpaired) electrons. The number of carbonyl (C=O) groups excluding carboxylic acids is 1. The molecule has 0 aliphatic carbocycles. The van der Waals surface area contributed by atoms with E-state index in [1.807, 2.05) is 6.92 Å². The zero-order chi connectivity index (χ0) is 21.7. The van der Waals surface area contributed by atoms with Gasteiger partial charge in [-0.1, -0.05) is 59.2 Å². The predicted octanol–water partition coefficient (Wildman–Crippen LogP) is 5.78. The second-order valence-corrected chi connectivity index (χ2v) is 8.70. The van der Waals surface area contributed by atoms with Gasteiger partial charge in [-0.3, -0.25) is 9.89 Å². The third kappa shape index (κ3) is 6.08. The molecule has 5 nitrogen and oxygen atoms in total. The minimum absolute atomic E-state index is 0.160. The van der Waals surface area contributed by atoms with E-state index < -0.39 is 5.25 Å². The fourth-order valence-electron chi connectivity index (χ4n) is 2.61. The lowest BCUT2D eigenvalue weighted by Gasteiger charge is -2.18. The molecule has 2 N–H and O–H groups in total. The van der Waals surface area contributed by atoms with Gasteiger partial charge < -0.3 is 5.32 Å². The molecule has 3 rings (SSSR count). The van der Waals surface area contributed by atoms with Crippen LogP contribution in [0.5, 0.6) is 0 Å². The van der Waals surface area contributed by atoms with Crippen LogP contribution in [0.1, 0.15) is 36.8 Å². The summed E-state index contributed by atoms with van der Waals surface area (Å²) in [7, 11) is 0. The molecule has 3 aromatic rings. The normalized spacial score (nSPS) is 13.4. The van der Waals surface area contributed by atoms with Crippen LogP contribution in [-0.4, -0.2) is 26.3 Å². The van der Waals surface area contributed by atoms with Crippen LogP contribution >= 0.6 is 35.0 Å². The zero-order valence-corrected chi connectivity index (χ0v) is 18.5. The number of benzene rings is 2. The summed E-state index contributed by atoms with van der Waals surface area (Å²) in [6.45, 7) is 3.64. The smallest absolute Gasteiger partial charge is 0.233 e. The molecule has 9 heteroatoms. The zero-order valence-electron chi connectivity index (χ0n) is 16.2. The second kappa shape index (κ2) is 10.1. The molecule has 2 aromatic carbocycles. The van der Waals surface area contributed by atoms with Crippen molar-refractivity contribution in [3.63, 3.8) is 0 Å². The first-order chi connectivity index (χ1) is 14.3. The van der Waals surface area contributed by atoms with Crippen LogP contribution in [0.3, 0.4) is 0 Å². The van der Waals surface area contributed by atoms with E-state index in [1.165, 1.54) is 23.9 Å². The number of nitrogens with zero attached hydrogens (tertiary/aromatic N) is 2. The third-order valence-electron chi connectivity index (χ3n) is 4.23. The topological polar surface area (TPSA) is 70.7 Å². The number of nitrogens with one attached hydrogen (secondary N) is 2. The standard InChI is InChI=1S/C21H19Cl2FN4OS/c1-12(17-9-6-15(22)11-18(17)23)25-20(29)13(2)30-21-26-19(27-28-21)10-5-14-3-7-16(24)8-4-14/h3-13H,1-2H3,(H,25,29)(H,26,27,28). The van der Waals surface area contributed by atoms with Crippen LogP contribution in [0.15, 0.2) is 47.6 Å².